The van der Waals surface area contributed by atoms with Crippen LogP contribution in [0.15, 0.2) is 18.3 Å². The summed E-state index contributed by atoms with van der Waals surface area (Å²) in [6.45, 7) is 0. The van der Waals surface area contributed by atoms with Gasteiger partial charge in [-0.05, 0) is 18.6 Å². The largest absolute Gasteiger partial charge is 0.323 e. The molecule has 0 saturated carbocycles. The van der Waals surface area contributed by atoms with E-state index in [1.54, 1.807) is 0 Å². The molecule has 1 heterocycles. The zero-order valence-electron chi connectivity index (χ0n) is 8.35. The van der Waals surface area contributed by atoms with E-state index >= 15 is 0 Å². The predicted molar refractivity (Wildman–Crippen MR) is 55.5 cm³/mol. The van der Waals surface area contributed by atoms with Crippen LogP contribution in [0.4, 0.5) is 4.39 Å². The van der Waals surface area contributed by atoms with E-state index in [0.29, 0.717) is 0 Å². The number of hydrogen-bond acceptors (Lipinski definition) is 4. The van der Waals surface area contributed by atoms with E-state index in [1.807, 2.05) is 0 Å². The highest BCUT2D eigenvalue weighted by Crippen LogP contribution is 2.15. The number of aromatic nitrogens is 1. The van der Waals surface area contributed by atoms with Gasteiger partial charge in [0.15, 0.2) is 0 Å². The van der Waals surface area contributed by atoms with Gasteiger partial charge in [0.05, 0.1) is 17.5 Å². The Morgan fingerprint density at radius 1 is 1.60 bits per heavy atom. The van der Waals surface area contributed by atoms with Gasteiger partial charge in [-0.3, -0.25) is 4.98 Å². The van der Waals surface area contributed by atoms with Gasteiger partial charge in [0, 0.05) is 12.5 Å². The normalized spacial score (nSPS) is 13.8. The Hall–Kier alpha value is -1.01. The van der Waals surface area contributed by atoms with Crippen molar-refractivity contribution in [3.05, 3.63) is 29.8 Å². The minimum atomic E-state index is -3.07. The van der Waals surface area contributed by atoms with Crippen molar-refractivity contribution in [1.82, 2.24) is 4.98 Å². The van der Waals surface area contributed by atoms with Crippen molar-refractivity contribution in [2.24, 2.45) is 5.73 Å². The average Bonchev–Trinajstić information content (AvgIpc) is 2.14. The van der Waals surface area contributed by atoms with Crippen molar-refractivity contribution in [3.8, 4) is 0 Å². The first-order valence-corrected chi connectivity index (χ1v) is 6.50. The third kappa shape index (κ3) is 3.93. The standard InChI is InChI=1S/C9H13FN2O2S/c1-15(13,14)6-4-8(11)9-7(10)3-2-5-12-9/h2-3,5,8H,4,6,11H2,1H3. The molecule has 0 bridgehead atoms. The molecule has 0 fully saturated rings. The minimum Gasteiger partial charge on any atom is -0.323 e. The second-order valence-electron chi connectivity index (χ2n) is 3.40. The molecule has 15 heavy (non-hydrogen) atoms. The molecule has 0 amide bonds. The van der Waals surface area contributed by atoms with Crippen LogP contribution in [0.25, 0.3) is 0 Å². The van der Waals surface area contributed by atoms with Gasteiger partial charge in [-0.15, -0.1) is 0 Å². The van der Waals surface area contributed by atoms with Gasteiger partial charge < -0.3 is 5.73 Å². The molecule has 0 radical (unpaired) electrons. The molecule has 0 aliphatic rings. The van der Waals surface area contributed by atoms with Gasteiger partial charge in [0.25, 0.3) is 0 Å². The lowest BCUT2D eigenvalue weighted by Gasteiger charge is -2.10. The highest BCUT2D eigenvalue weighted by atomic mass is 32.2. The van der Waals surface area contributed by atoms with Gasteiger partial charge >= 0.3 is 0 Å². The molecule has 84 valence electrons. The van der Waals surface area contributed by atoms with Crippen molar-refractivity contribution < 1.29 is 12.8 Å². The van der Waals surface area contributed by atoms with Crippen LogP contribution in [-0.4, -0.2) is 25.4 Å². The first kappa shape index (κ1) is 12.1. The minimum absolute atomic E-state index is 0.0653. The SMILES string of the molecule is CS(=O)(=O)CCC(N)c1ncccc1F. The first-order chi connectivity index (χ1) is 6.90. The Bertz CT molecular complexity index is 433. The van der Waals surface area contributed by atoms with E-state index in [-0.39, 0.29) is 17.9 Å². The van der Waals surface area contributed by atoms with Crippen LogP contribution >= 0.6 is 0 Å². The third-order valence-corrected chi connectivity index (χ3v) is 2.92. The summed E-state index contributed by atoms with van der Waals surface area (Å²) < 4.78 is 34.9. The van der Waals surface area contributed by atoms with Crippen LogP contribution < -0.4 is 5.73 Å². The maximum atomic E-state index is 13.2. The Morgan fingerprint density at radius 3 is 2.80 bits per heavy atom. The predicted octanol–water partition coefficient (Wildman–Crippen LogP) is 0.655. The Kier molecular flexibility index (Phi) is 3.76. The van der Waals surface area contributed by atoms with Crippen LogP contribution in [0, 0.1) is 5.82 Å². The zero-order valence-corrected chi connectivity index (χ0v) is 9.17. The molecule has 1 aromatic heterocycles. The number of sulfone groups is 1. The summed E-state index contributed by atoms with van der Waals surface area (Å²) in [5.41, 5.74) is 5.75. The molecule has 0 aromatic carbocycles. The molecular formula is C9H13FN2O2S. The molecule has 1 rings (SSSR count). The summed E-state index contributed by atoms with van der Waals surface area (Å²) in [7, 11) is -3.07. The molecule has 0 saturated heterocycles. The van der Waals surface area contributed by atoms with Crippen molar-refractivity contribution in [2.45, 2.75) is 12.5 Å². The summed E-state index contributed by atoms with van der Waals surface area (Å²) in [6, 6.07) is 2.03. The number of hydrogen-bond donors (Lipinski definition) is 1. The van der Waals surface area contributed by atoms with E-state index in [9.17, 15) is 12.8 Å². The van der Waals surface area contributed by atoms with Gasteiger partial charge in [0.1, 0.15) is 15.7 Å². The summed E-state index contributed by atoms with van der Waals surface area (Å²) in [4.78, 5) is 3.78. The fourth-order valence-electron chi connectivity index (χ4n) is 1.15. The van der Waals surface area contributed by atoms with Crippen LogP contribution in [0.2, 0.25) is 0 Å². The Balaban J connectivity index is 2.70. The molecule has 6 heteroatoms. The third-order valence-electron chi connectivity index (χ3n) is 1.94. The Morgan fingerprint density at radius 2 is 2.27 bits per heavy atom. The molecular weight excluding hydrogens is 219 g/mol. The monoisotopic (exact) mass is 232 g/mol. The second kappa shape index (κ2) is 4.67. The summed E-state index contributed by atoms with van der Waals surface area (Å²) in [5.74, 6) is -0.567. The second-order valence-corrected chi connectivity index (χ2v) is 5.66. The highest BCUT2D eigenvalue weighted by molar-refractivity contribution is 7.90. The van der Waals surface area contributed by atoms with E-state index in [0.717, 1.165) is 6.26 Å². The fourth-order valence-corrected chi connectivity index (χ4v) is 1.83. The smallest absolute Gasteiger partial charge is 0.147 e. The topological polar surface area (TPSA) is 73.0 Å². The van der Waals surface area contributed by atoms with Crippen molar-refractivity contribution in [1.29, 1.82) is 0 Å². The summed E-state index contributed by atoms with van der Waals surface area (Å²) in [5, 5.41) is 0. The van der Waals surface area contributed by atoms with Crippen LogP contribution in [0.5, 0.6) is 0 Å². The van der Waals surface area contributed by atoms with Gasteiger partial charge in [-0.2, -0.15) is 0 Å². The first-order valence-electron chi connectivity index (χ1n) is 4.44. The quantitative estimate of drug-likeness (QED) is 0.827. The molecule has 1 aromatic rings. The number of pyridine rings is 1. The van der Waals surface area contributed by atoms with Crippen LogP contribution in [0.3, 0.4) is 0 Å². The van der Waals surface area contributed by atoms with Gasteiger partial charge in [-0.1, -0.05) is 0 Å². The number of nitrogens with two attached hydrogens (primary N) is 1. The highest BCUT2D eigenvalue weighted by Gasteiger charge is 2.14. The van der Waals surface area contributed by atoms with Gasteiger partial charge in [-0.25, -0.2) is 12.8 Å². The molecule has 0 spiro atoms. The molecule has 1 unspecified atom stereocenters. The average molecular weight is 232 g/mol. The lowest BCUT2D eigenvalue weighted by molar-refractivity contribution is 0.552. The molecule has 1 atom stereocenters. The maximum Gasteiger partial charge on any atom is 0.147 e. The van der Waals surface area contributed by atoms with E-state index in [1.165, 1.54) is 18.3 Å². The number of halogens is 1. The maximum absolute atomic E-state index is 13.2. The number of rotatable bonds is 4. The van der Waals surface area contributed by atoms with Crippen molar-refractivity contribution in [3.63, 3.8) is 0 Å². The van der Waals surface area contributed by atoms with Crippen LogP contribution in [-0.2, 0) is 9.84 Å². The number of nitrogens with zero attached hydrogens (tertiary/aromatic N) is 1. The molecule has 4 nitrogen and oxygen atoms in total. The lowest BCUT2D eigenvalue weighted by atomic mass is 10.1. The lowest BCUT2D eigenvalue weighted by Crippen LogP contribution is -2.18. The Labute approximate surface area is 88.2 Å². The molecule has 0 aliphatic heterocycles. The van der Waals surface area contributed by atoms with E-state index in [2.05, 4.69) is 4.98 Å². The molecule has 0 aliphatic carbocycles. The summed E-state index contributed by atoms with van der Waals surface area (Å²) in [6.07, 6.45) is 2.72. The van der Waals surface area contributed by atoms with Gasteiger partial charge in [0.2, 0.25) is 0 Å². The van der Waals surface area contributed by atoms with Crippen molar-refractivity contribution >= 4 is 9.84 Å². The zero-order chi connectivity index (χ0) is 11.5. The summed E-state index contributed by atoms with van der Waals surface area (Å²) >= 11 is 0. The van der Waals surface area contributed by atoms with Crippen molar-refractivity contribution in [2.75, 3.05) is 12.0 Å². The van der Waals surface area contributed by atoms with E-state index in [4.69, 9.17) is 5.73 Å². The fraction of sp³-hybridized carbons (Fsp3) is 0.444. The van der Waals surface area contributed by atoms with E-state index < -0.39 is 21.7 Å². The van der Waals surface area contributed by atoms with Crippen LogP contribution in [0.1, 0.15) is 18.2 Å². The molecule has 2 N–H and O–H groups in total.